The summed E-state index contributed by atoms with van der Waals surface area (Å²) in [5, 5.41) is 6.15. The maximum Gasteiger partial charge on any atom is 0.225 e. The number of ether oxygens (including phenoxy) is 1. The Labute approximate surface area is 118 Å². The van der Waals surface area contributed by atoms with Crippen LogP contribution in [0, 0.1) is 17.7 Å². The molecule has 1 amide bonds. The standard InChI is InChI=1S/C15H21FN2O2/c1-9-7-17-8-12(9)15(19)18-10(2)11-4-5-14(20-3)13(16)6-11/h4-6,9-10,12,17H,7-8H2,1-3H3,(H,18,19). The van der Waals surface area contributed by atoms with Crippen molar-refractivity contribution in [2.24, 2.45) is 11.8 Å². The van der Waals surface area contributed by atoms with Gasteiger partial charge in [0.25, 0.3) is 0 Å². The van der Waals surface area contributed by atoms with E-state index in [1.54, 1.807) is 12.1 Å². The average Bonchev–Trinajstić information content (AvgIpc) is 2.84. The van der Waals surface area contributed by atoms with Crippen LogP contribution in [-0.4, -0.2) is 26.1 Å². The van der Waals surface area contributed by atoms with Crippen molar-refractivity contribution in [1.82, 2.24) is 10.6 Å². The van der Waals surface area contributed by atoms with Gasteiger partial charge >= 0.3 is 0 Å². The summed E-state index contributed by atoms with van der Waals surface area (Å²) < 4.78 is 18.5. The van der Waals surface area contributed by atoms with Crippen LogP contribution in [-0.2, 0) is 4.79 Å². The number of benzene rings is 1. The normalized spacial score (nSPS) is 23.4. The average molecular weight is 280 g/mol. The first-order valence-electron chi connectivity index (χ1n) is 6.87. The summed E-state index contributed by atoms with van der Waals surface area (Å²) in [4.78, 5) is 12.2. The van der Waals surface area contributed by atoms with E-state index in [1.165, 1.54) is 13.2 Å². The van der Waals surface area contributed by atoms with Crippen LogP contribution in [0.5, 0.6) is 5.75 Å². The van der Waals surface area contributed by atoms with Crippen molar-refractivity contribution in [2.75, 3.05) is 20.2 Å². The number of methoxy groups -OCH3 is 1. The zero-order valence-corrected chi connectivity index (χ0v) is 12.1. The van der Waals surface area contributed by atoms with Gasteiger partial charge in [0, 0.05) is 6.54 Å². The summed E-state index contributed by atoms with van der Waals surface area (Å²) in [6, 6.07) is 4.52. The van der Waals surface area contributed by atoms with Crippen molar-refractivity contribution >= 4 is 5.91 Å². The molecule has 1 fully saturated rings. The maximum absolute atomic E-state index is 13.7. The van der Waals surface area contributed by atoms with Gasteiger partial charge in [-0.1, -0.05) is 13.0 Å². The van der Waals surface area contributed by atoms with E-state index in [4.69, 9.17) is 4.74 Å². The van der Waals surface area contributed by atoms with Gasteiger partial charge in [0.15, 0.2) is 11.6 Å². The third kappa shape index (κ3) is 3.10. The minimum Gasteiger partial charge on any atom is -0.494 e. The van der Waals surface area contributed by atoms with Crippen molar-refractivity contribution in [1.29, 1.82) is 0 Å². The van der Waals surface area contributed by atoms with Crippen LogP contribution in [0.15, 0.2) is 18.2 Å². The maximum atomic E-state index is 13.7. The van der Waals surface area contributed by atoms with E-state index >= 15 is 0 Å². The molecule has 0 aliphatic carbocycles. The van der Waals surface area contributed by atoms with Gasteiger partial charge in [-0.25, -0.2) is 4.39 Å². The minimum absolute atomic E-state index is 0.0134. The molecule has 0 radical (unpaired) electrons. The molecular formula is C15H21FN2O2. The van der Waals surface area contributed by atoms with Crippen LogP contribution in [0.3, 0.4) is 0 Å². The van der Waals surface area contributed by atoms with Gasteiger partial charge in [0.05, 0.1) is 19.1 Å². The van der Waals surface area contributed by atoms with E-state index in [0.29, 0.717) is 12.5 Å². The second-order valence-electron chi connectivity index (χ2n) is 5.37. The summed E-state index contributed by atoms with van der Waals surface area (Å²) in [5.74, 6) is 0.129. The second-order valence-corrected chi connectivity index (χ2v) is 5.37. The molecule has 1 aromatic carbocycles. The summed E-state index contributed by atoms with van der Waals surface area (Å²) in [5.41, 5.74) is 0.732. The predicted molar refractivity (Wildman–Crippen MR) is 75.0 cm³/mol. The fourth-order valence-corrected chi connectivity index (χ4v) is 2.52. The molecule has 1 heterocycles. The van der Waals surface area contributed by atoms with E-state index in [1.807, 2.05) is 6.92 Å². The molecule has 3 unspecified atom stereocenters. The summed E-state index contributed by atoms with van der Waals surface area (Å²) >= 11 is 0. The molecule has 1 saturated heterocycles. The molecule has 5 heteroatoms. The molecular weight excluding hydrogens is 259 g/mol. The molecule has 1 aliphatic rings. The van der Waals surface area contributed by atoms with E-state index < -0.39 is 5.82 Å². The number of nitrogens with one attached hydrogen (secondary N) is 2. The third-order valence-corrected chi connectivity index (χ3v) is 3.89. The summed E-state index contributed by atoms with van der Waals surface area (Å²) in [6.45, 7) is 5.48. The molecule has 0 saturated carbocycles. The lowest BCUT2D eigenvalue weighted by molar-refractivity contribution is -0.126. The van der Waals surface area contributed by atoms with E-state index in [-0.39, 0.29) is 23.6 Å². The molecule has 0 spiro atoms. The number of carbonyl (C=O) groups is 1. The molecule has 0 aromatic heterocycles. The number of hydrogen-bond donors (Lipinski definition) is 2. The van der Waals surface area contributed by atoms with Crippen molar-refractivity contribution in [2.45, 2.75) is 19.9 Å². The zero-order valence-electron chi connectivity index (χ0n) is 12.1. The number of carbonyl (C=O) groups excluding carboxylic acids is 1. The van der Waals surface area contributed by atoms with Crippen LogP contribution in [0.1, 0.15) is 25.5 Å². The highest BCUT2D eigenvalue weighted by molar-refractivity contribution is 5.80. The molecule has 110 valence electrons. The van der Waals surface area contributed by atoms with Gasteiger partial charge in [-0.3, -0.25) is 4.79 Å². The van der Waals surface area contributed by atoms with Crippen LogP contribution in [0.4, 0.5) is 4.39 Å². The van der Waals surface area contributed by atoms with Crippen LogP contribution < -0.4 is 15.4 Å². The minimum atomic E-state index is -0.415. The SMILES string of the molecule is COc1ccc(C(C)NC(=O)C2CNCC2C)cc1F. The smallest absolute Gasteiger partial charge is 0.225 e. The Balaban J connectivity index is 2.02. The molecule has 0 bridgehead atoms. The summed E-state index contributed by atoms with van der Waals surface area (Å²) in [7, 11) is 1.43. The lowest BCUT2D eigenvalue weighted by Crippen LogP contribution is -2.35. The number of amides is 1. The molecule has 2 rings (SSSR count). The Morgan fingerprint density at radius 3 is 2.80 bits per heavy atom. The van der Waals surface area contributed by atoms with Crippen molar-refractivity contribution in [3.63, 3.8) is 0 Å². The van der Waals surface area contributed by atoms with Crippen LogP contribution in [0.25, 0.3) is 0 Å². The lowest BCUT2D eigenvalue weighted by Gasteiger charge is -2.19. The topological polar surface area (TPSA) is 50.4 Å². The first-order valence-corrected chi connectivity index (χ1v) is 6.87. The fourth-order valence-electron chi connectivity index (χ4n) is 2.52. The Hall–Kier alpha value is -1.62. The first kappa shape index (κ1) is 14.8. The zero-order chi connectivity index (χ0) is 14.7. The van der Waals surface area contributed by atoms with Gasteiger partial charge in [-0.2, -0.15) is 0 Å². The number of halogens is 1. The highest BCUT2D eigenvalue weighted by Crippen LogP contribution is 2.23. The van der Waals surface area contributed by atoms with E-state index in [0.717, 1.165) is 12.1 Å². The molecule has 20 heavy (non-hydrogen) atoms. The van der Waals surface area contributed by atoms with Gasteiger partial charge in [-0.05, 0) is 37.1 Å². The number of hydrogen-bond acceptors (Lipinski definition) is 3. The second kappa shape index (κ2) is 6.22. The van der Waals surface area contributed by atoms with Crippen molar-refractivity contribution in [3.05, 3.63) is 29.6 Å². The summed E-state index contributed by atoms with van der Waals surface area (Å²) in [6.07, 6.45) is 0. The molecule has 1 aromatic rings. The van der Waals surface area contributed by atoms with Crippen molar-refractivity contribution < 1.29 is 13.9 Å². The Morgan fingerprint density at radius 2 is 2.25 bits per heavy atom. The van der Waals surface area contributed by atoms with Gasteiger partial charge in [-0.15, -0.1) is 0 Å². The first-order chi connectivity index (χ1) is 9.52. The third-order valence-electron chi connectivity index (χ3n) is 3.89. The molecule has 2 N–H and O–H groups in total. The van der Waals surface area contributed by atoms with Crippen LogP contribution in [0.2, 0.25) is 0 Å². The predicted octanol–water partition coefficient (Wildman–Crippen LogP) is 1.87. The van der Waals surface area contributed by atoms with Crippen molar-refractivity contribution in [3.8, 4) is 5.75 Å². The van der Waals surface area contributed by atoms with Gasteiger partial charge < -0.3 is 15.4 Å². The Bertz CT molecular complexity index is 493. The highest BCUT2D eigenvalue weighted by atomic mass is 19.1. The van der Waals surface area contributed by atoms with Crippen LogP contribution >= 0.6 is 0 Å². The quantitative estimate of drug-likeness (QED) is 0.885. The molecule has 1 aliphatic heterocycles. The fraction of sp³-hybridized carbons (Fsp3) is 0.533. The molecule has 3 atom stereocenters. The highest BCUT2D eigenvalue weighted by Gasteiger charge is 2.30. The lowest BCUT2D eigenvalue weighted by atomic mass is 9.96. The van der Waals surface area contributed by atoms with E-state index in [2.05, 4.69) is 17.6 Å². The monoisotopic (exact) mass is 280 g/mol. The Morgan fingerprint density at radius 1 is 1.50 bits per heavy atom. The Kier molecular flexibility index (Phi) is 4.60. The number of rotatable bonds is 4. The van der Waals surface area contributed by atoms with Gasteiger partial charge in [0.2, 0.25) is 5.91 Å². The molecule has 4 nitrogen and oxygen atoms in total. The largest absolute Gasteiger partial charge is 0.494 e. The van der Waals surface area contributed by atoms with E-state index in [9.17, 15) is 9.18 Å². The van der Waals surface area contributed by atoms with Gasteiger partial charge in [0.1, 0.15) is 0 Å².